The Kier molecular flexibility index (Phi) is 9.70. The van der Waals surface area contributed by atoms with Gasteiger partial charge in [-0.25, -0.2) is 0 Å². The van der Waals surface area contributed by atoms with Crippen molar-refractivity contribution in [3.63, 3.8) is 0 Å². The summed E-state index contributed by atoms with van der Waals surface area (Å²) in [5.41, 5.74) is -2.13. The summed E-state index contributed by atoms with van der Waals surface area (Å²) in [7, 11) is 0. The molecule has 3 aliphatic heterocycles. The van der Waals surface area contributed by atoms with E-state index in [0.29, 0.717) is 0 Å². The molecule has 65 heavy (non-hydrogen) atoms. The largest absolute Gasteiger partial charge is 0.508 e. The average Bonchev–Trinajstić information content (AvgIpc) is 3.23. The quantitative estimate of drug-likeness (QED) is 0.109. The Labute approximate surface area is 364 Å². The van der Waals surface area contributed by atoms with E-state index < -0.39 is 151 Å². The molecular weight excluding hydrogens is 860 g/mol. The van der Waals surface area contributed by atoms with Crippen LogP contribution in [0.4, 0.5) is 0 Å². The summed E-state index contributed by atoms with van der Waals surface area (Å²) < 4.78 is 18.7. The second-order valence-electron chi connectivity index (χ2n) is 16.0. The van der Waals surface area contributed by atoms with Crippen molar-refractivity contribution in [2.45, 2.75) is 54.9 Å². The molecule has 0 radical (unpaired) electrons. The number of hydrogen-bond donors (Lipinski definition) is 17. The Bertz CT molecular complexity index is 2900. The zero-order valence-electron chi connectivity index (χ0n) is 33.0. The van der Waals surface area contributed by atoms with E-state index in [1.54, 1.807) is 0 Å². The van der Waals surface area contributed by atoms with Crippen molar-refractivity contribution < 1.29 is 101 Å². The molecule has 0 bridgehead atoms. The summed E-state index contributed by atoms with van der Waals surface area (Å²) in [5, 5.41) is 188. The summed E-state index contributed by atoms with van der Waals surface area (Å²) in [5.74, 6) is -15.7. The number of aliphatic hydroxyl groups excluding tert-OH is 3. The van der Waals surface area contributed by atoms with Crippen molar-refractivity contribution in [1.82, 2.24) is 0 Å². The molecule has 8 atom stereocenters. The van der Waals surface area contributed by atoms with E-state index in [4.69, 9.17) is 14.2 Å². The zero-order valence-corrected chi connectivity index (χ0v) is 33.0. The number of aliphatic hydroxyl groups is 3. The van der Waals surface area contributed by atoms with Crippen LogP contribution in [0.15, 0.2) is 66.7 Å². The third-order valence-corrected chi connectivity index (χ3v) is 12.0. The van der Waals surface area contributed by atoms with Gasteiger partial charge in [-0.05, 0) is 42.0 Å². The molecule has 0 unspecified atom stereocenters. The zero-order chi connectivity index (χ0) is 46.7. The van der Waals surface area contributed by atoms with E-state index in [0.717, 1.165) is 60.7 Å². The van der Waals surface area contributed by atoms with E-state index in [2.05, 4.69) is 0 Å². The van der Waals surface area contributed by atoms with E-state index >= 15 is 0 Å². The van der Waals surface area contributed by atoms with E-state index in [1.165, 1.54) is 6.07 Å². The van der Waals surface area contributed by atoms with Gasteiger partial charge in [-0.2, -0.15) is 0 Å². The normalized spacial score (nSPS) is 23.2. The van der Waals surface area contributed by atoms with Crippen LogP contribution in [0.5, 0.6) is 97.7 Å². The molecular formula is C45H38O20. The Balaban J connectivity index is 1.32. The molecule has 338 valence electrons. The van der Waals surface area contributed by atoms with Crippen molar-refractivity contribution in [3.8, 4) is 97.7 Å². The van der Waals surface area contributed by atoms with Gasteiger partial charge in [0, 0.05) is 69.6 Å². The maximum absolute atomic E-state index is 12.5. The predicted molar refractivity (Wildman–Crippen MR) is 217 cm³/mol. The molecule has 9 rings (SSSR count). The van der Waals surface area contributed by atoms with Crippen LogP contribution >= 0.6 is 0 Å². The van der Waals surface area contributed by atoms with Crippen LogP contribution < -0.4 is 14.2 Å². The number of phenols is 14. The number of phenolic OH excluding ortho intramolecular Hbond substituents is 14. The molecule has 0 spiro atoms. The molecule has 20 heteroatoms. The first kappa shape index (κ1) is 42.1. The van der Waals surface area contributed by atoms with Crippen molar-refractivity contribution in [3.05, 3.63) is 111 Å². The molecule has 0 aliphatic carbocycles. The minimum atomic E-state index is -2.05. The topological polar surface area (TPSA) is 372 Å². The van der Waals surface area contributed by atoms with Gasteiger partial charge >= 0.3 is 0 Å². The lowest BCUT2D eigenvalue weighted by molar-refractivity contribution is -0.00570. The van der Waals surface area contributed by atoms with Gasteiger partial charge in [0.1, 0.15) is 70.1 Å². The Morgan fingerprint density at radius 1 is 0.369 bits per heavy atom. The fourth-order valence-corrected chi connectivity index (χ4v) is 9.08. The van der Waals surface area contributed by atoms with Crippen molar-refractivity contribution in [2.24, 2.45) is 0 Å². The lowest BCUT2D eigenvalue weighted by Crippen LogP contribution is -2.39. The van der Waals surface area contributed by atoms with Crippen LogP contribution in [0.3, 0.4) is 0 Å². The number of fused-ring (bicyclic) bond motifs is 3. The number of benzene rings is 6. The minimum absolute atomic E-state index is 0.103. The standard InChI is InChI=1S/C45H38O20/c46-16-8-21(50)31-30(9-16)63-42(14-4-25(54)37(59)26(55)5-14)39(61)35(31)33-23(52)12-24(53)34-36(40(62)43(65-45(33)34)15-6-27(56)38(60)28(57)7-15)32-22(51)11-19(48)17-10-29(58)41(64-44(17)32)13-1-2-18(47)20(49)3-13/h1-9,11-12,29,35-36,39-43,46-62H,10H2/t29-,35-,36+,39-,40-,41-,42-,43-/m1/s1. The summed E-state index contributed by atoms with van der Waals surface area (Å²) in [4.78, 5) is 0. The minimum Gasteiger partial charge on any atom is -0.508 e. The highest BCUT2D eigenvalue weighted by Crippen LogP contribution is 2.62. The van der Waals surface area contributed by atoms with Gasteiger partial charge in [-0.3, -0.25) is 0 Å². The van der Waals surface area contributed by atoms with Crippen LogP contribution in [-0.4, -0.2) is 105 Å². The van der Waals surface area contributed by atoms with Gasteiger partial charge in [-0.15, -0.1) is 0 Å². The maximum atomic E-state index is 12.5. The molecule has 20 nitrogen and oxygen atoms in total. The second-order valence-corrected chi connectivity index (χ2v) is 16.0. The lowest BCUT2D eigenvalue weighted by atomic mass is 9.73. The van der Waals surface area contributed by atoms with Crippen LogP contribution in [-0.2, 0) is 6.42 Å². The molecule has 17 N–H and O–H groups in total. The summed E-state index contributed by atoms with van der Waals surface area (Å²) in [6.45, 7) is 0. The first-order chi connectivity index (χ1) is 30.7. The van der Waals surface area contributed by atoms with Gasteiger partial charge in [0.2, 0.25) is 0 Å². The number of aromatic hydroxyl groups is 14. The van der Waals surface area contributed by atoms with E-state index in [1.807, 2.05) is 0 Å². The highest BCUT2D eigenvalue weighted by Gasteiger charge is 2.51. The fraction of sp³-hybridized carbons (Fsp3) is 0.200. The molecule has 0 amide bonds. The van der Waals surface area contributed by atoms with Crippen LogP contribution in [0, 0.1) is 0 Å². The van der Waals surface area contributed by atoms with Crippen molar-refractivity contribution in [1.29, 1.82) is 0 Å². The van der Waals surface area contributed by atoms with Crippen molar-refractivity contribution >= 4 is 0 Å². The molecule has 0 aromatic heterocycles. The third-order valence-electron chi connectivity index (χ3n) is 12.0. The number of rotatable bonds is 5. The molecule has 0 saturated heterocycles. The maximum Gasteiger partial charge on any atom is 0.200 e. The smallest absolute Gasteiger partial charge is 0.200 e. The Hall–Kier alpha value is -8.20. The second kappa shape index (κ2) is 15.0. The summed E-state index contributed by atoms with van der Waals surface area (Å²) in [6, 6.07) is 10.7. The summed E-state index contributed by atoms with van der Waals surface area (Å²) >= 11 is 0. The Morgan fingerprint density at radius 3 is 1.35 bits per heavy atom. The highest BCUT2D eigenvalue weighted by molar-refractivity contribution is 5.71. The Morgan fingerprint density at radius 2 is 0.815 bits per heavy atom. The highest BCUT2D eigenvalue weighted by atomic mass is 16.5. The SMILES string of the molecule is Oc1cc(O)c2c(c1)O[C@H](c1cc(O)c(O)c(O)c1)[C@H](O)[C@H]2c1c(O)cc(O)c2c1O[C@H](c1cc(O)c(O)c(O)c1)[C@H](O)[C@H]2c1c(O)cc(O)c2c1O[C@H](c1ccc(O)c(O)c1)[C@H](O)C2. The first-order valence-electron chi connectivity index (χ1n) is 19.5. The van der Waals surface area contributed by atoms with E-state index in [9.17, 15) is 86.8 Å². The molecule has 6 aromatic rings. The van der Waals surface area contributed by atoms with Gasteiger partial charge in [0.25, 0.3) is 0 Å². The van der Waals surface area contributed by atoms with Gasteiger partial charge in [-0.1, -0.05) is 6.07 Å². The van der Waals surface area contributed by atoms with Gasteiger partial charge in [0.15, 0.2) is 58.2 Å². The summed E-state index contributed by atoms with van der Waals surface area (Å²) in [6.07, 6.45) is -10.8. The van der Waals surface area contributed by atoms with Gasteiger partial charge < -0.3 is 101 Å². The third kappa shape index (κ3) is 6.57. The van der Waals surface area contributed by atoms with Gasteiger partial charge in [0.05, 0.1) is 17.9 Å². The molecule has 3 aliphatic rings. The van der Waals surface area contributed by atoms with Crippen LogP contribution in [0.2, 0.25) is 0 Å². The van der Waals surface area contributed by atoms with Crippen LogP contribution in [0.1, 0.15) is 74.7 Å². The fourth-order valence-electron chi connectivity index (χ4n) is 9.08. The van der Waals surface area contributed by atoms with E-state index in [-0.39, 0.29) is 45.7 Å². The molecule has 0 saturated carbocycles. The lowest BCUT2D eigenvalue weighted by Gasteiger charge is -2.43. The average molecular weight is 899 g/mol. The number of hydrogen-bond acceptors (Lipinski definition) is 20. The molecule has 6 aromatic carbocycles. The monoisotopic (exact) mass is 898 g/mol. The molecule has 3 heterocycles. The number of ether oxygens (including phenoxy) is 3. The predicted octanol–water partition coefficient (Wildman–Crippen LogP) is 3.86. The van der Waals surface area contributed by atoms with Crippen LogP contribution in [0.25, 0.3) is 0 Å². The molecule has 0 fully saturated rings. The van der Waals surface area contributed by atoms with Crippen molar-refractivity contribution in [2.75, 3.05) is 0 Å². The first-order valence-corrected chi connectivity index (χ1v) is 19.5.